The van der Waals surface area contributed by atoms with E-state index in [2.05, 4.69) is 31.2 Å². The standard InChI is InChI=1S/C11H10BrClN4O/c1-18-8-3-6(12)2-7(4-8)16-10-9(14)5-15-11(13)17-10/h2-5H,14H2,1H3,(H,15,16,17). The van der Waals surface area contributed by atoms with Crippen LogP contribution in [-0.4, -0.2) is 17.1 Å². The van der Waals surface area contributed by atoms with Crippen molar-refractivity contribution in [1.82, 2.24) is 9.97 Å². The van der Waals surface area contributed by atoms with Crippen LogP contribution in [0.1, 0.15) is 0 Å². The van der Waals surface area contributed by atoms with Gasteiger partial charge in [0.1, 0.15) is 5.75 Å². The molecule has 0 saturated heterocycles. The van der Waals surface area contributed by atoms with Crippen LogP contribution >= 0.6 is 27.5 Å². The lowest BCUT2D eigenvalue weighted by molar-refractivity contribution is 0.415. The summed E-state index contributed by atoms with van der Waals surface area (Å²) in [6.45, 7) is 0. The first-order chi connectivity index (χ1) is 8.58. The van der Waals surface area contributed by atoms with Gasteiger partial charge < -0.3 is 15.8 Å². The van der Waals surface area contributed by atoms with E-state index in [-0.39, 0.29) is 5.28 Å². The first-order valence-corrected chi connectivity index (χ1v) is 6.15. The summed E-state index contributed by atoms with van der Waals surface area (Å²) in [4.78, 5) is 7.80. The highest BCUT2D eigenvalue weighted by Crippen LogP contribution is 2.28. The number of rotatable bonds is 3. The maximum Gasteiger partial charge on any atom is 0.224 e. The molecule has 2 aromatic rings. The van der Waals surface area contributed by atoms with Crippen molar-refractivity contribution in [2.24, 2.45) is 0 Å². The Hall–Kier alpha value is -1.53. The van der Waals surface area contributed by atoms with E-state index in [9.17, 15) is 0 Å². The summed E-state index contributed by atoms with van der Waals surface area (Å²) in [6, 6.07) is 5.54. The van der Waals surface area contributed by atoms with Gasteiger partial charge in [0, 0.05) is 16.2 Å². The summed E-state index contributed by atoms with van der Waals surface area (Å²) in [5, 5.41) is 3.19. The summed E-state index contributed by atoms with van der Waals surface area (Å²) in [5.41, 5.74) is 6.95. The van der Waals surface area contributed by atoms with Gasteiger partial charge in [0.25, 0.3) is 0 Å². The van der Waals surface area contributed by atoms with Crippen molar-refractivity contribution in [3.63, 3.8) is 0 Å². The molecule has 0 saturated carbocycles. The molecular formula is C11H10BrClN4O. The van der Waals surface area contributed by atoms with E-state index >= 15 is 0 Å². The third kappa shape index (κ3) is 3.02. The number of hydrogen-bond acceptors (Lipinski definition) is 5. The average molecular weight is 330 g/mol. The van der Waals surface area contributed by atoms with Crippen molar-refractivity contribution in [3.05, 3.63) is 34.2 Å². The summed E-state index contributed by atoms with van der Waals surface area (Å²) in [7, 11) is 1.60. The minimum Gasteiger partial charge on any atom is -0.497 e. The number of nitrogens with zero attached hydrogens (tertiary/aromatic N) is 2. The highest BCUT2D eigenvalue weighted by molar-refractivity contribution is 9.10. The van der Waals surface area contributed by atoms with E-state index < -0.39 is 0 Å². The second-order valence-electron chi connectivity index (χ2n) is 3.45. The third-order valence-corrected chi connectivity index (χ3v) is 2.80. The topological polar surface area (TPSA) is 73.1 Å². The fraction of sp³-hybridized carbons (Fsp3) is 0.0909. The Morgan fingerprint density at radius 2 is 2.17 bits per heavy atom. The number of nitrogens with one attached hydrogen (secondary N) is 1. The molecule has 5 nitrogen and oxygen atoms in total. The maximum absolute atomic E-state index is 5.76. The van der Waals surface area contributed by atoms with Crippen LogP contribution in [0.25, 0.3) is 0 Å². The minimum absolute atomic E-state index is 0.133. The minimum atomic E-state index is 0.133. The SMILES string of the molecule is COc1cc(Br)cc(Nc2nc(Cl)ncc2N)c1. The Morgan fingerprint density at radius 3 is 2.89 bits per heavy atom. The van der Waals surface area contributed by atoms with Gasteiger partial charge in [0.15, 0.2) is 5.82 Å². The Kier molecular flexibility index (Phi) is 3.88. The Balaban J connectivity index is 2.33. The maximum atomic E-state index is 5.76. The normalized spacial score (nSPS) is 10.2. The third-order valence-electron chi connectivity index (χ3n) is 2.16. The monoisotopic (exact) mass is 328 g/mol. The number of aromatic nitrogens is 2. The molecule has 18 heavy (non-hydrogen) atoms. The lowest BCUT2D eigenvalue weighted by Crippen LogP contribution is -2.01. The molecule has 0 amide bonds. The molecule has 0 radical (unpaired) electrons. The second kappa shape index (κ2) is 5.41. The number of nitrogens with two attached hydrogens (primary N) is 1. The molecule has 3 N–H and O–H groups in total. The highest BCUT2D eigenvalue weighted by atomic mass is 79.9. The van der Waals surface area contributed by atoms with Gasteiger partial charge >= 0.3 is 0 Å². The van der Waals surface area contributed by atoms with Gasteiger partial charge in [-0.3, -0.25) is 0 Å². The molecular weight excluding hydrogens is 320 g/mol. The number of ether oxygens (including phenoxy) is 1. The average Bonchev–Trinajstić information content (AvgIpc) is 2.33. The molecule has 2 rings (SSSR count). The van der Waals surface area contributed by atoms with Gasteiger partial charge in [-0.1, -0.05) is 15.9 Å². The van der Waals surface area contributed by atoms with Crippen LogP contribution in [0, 0.1) is 0 Å². The van der Waals surface area contributed by atoms with Gasteiger partial charge in [0.05, 0.1) is 19.0 Å². The van der Waals surface area contributed by atoms with Gasteiger partial charge in [-0.2, -0.15) is 4.98 Å². The van der Waals surface area contributed by atoms with Crippen molar-refractivity contribution in [2.75, 3.05) is 18.2 Å². The van der Waals surface area contributed by atoms with Crippen LogP contribution < -0.4 is 15.8 Å². The first-order valence-electron chi connectivity index (χ1n) is 4.98. The molecule has 1 heterocycles. The molecule has 0 aliphatic carbocycles. The zero-order valence-corrected chi connectivity index (χ0v) is 11.8. The molecule has 0 fully saturated rings. The van der Waals surface area contributed by atoms with Crippen molar-refractivity contribution < 1.29 is 4.74 Å². The van der Waals surface area contributed by atoms with Gasteiger partial charge in [-0.15, -0.1) is 0 Å². The fourth-order valence-electron chi connectivity index (χ4n) is 1.36. The number of benzene rings is 1. The van der Waals surface area contributed by atoms with Crippen molar-refractivity contribution in [1.29, 1.82) is 0 Å². The Labute approximate surface area is 117 Å². The molecule has 0 unspecified atom stereocenters. The van der Waals surface area contributed by atoms with E-state index in [1.807, 2.05) is 18.2 Å². The van der Waals surface area contributed by atoms with Gasteiger partial charge in [0.2, 0.25) is 5.28 Å². The molecule has 1 aromatic carbocycles. The number of methoxy groups -OCH3 is 1. The number of nitrogen functional groups attached to an aromatic ring is 1. The van der Waals surface area contributed by atoms with Crippen molar-refractivity contribution >= 4 is 44.7 Å². The number of hydrogen-bond donors (Lipinski definition) is 2. The van der Waals surface area contributed by atoms with E-state index in [1.54, 1.807) is 7.11 Å². The molecule has 0 spiro atoms. The highest BCUT2D eigenvalue weighted by Gasteiger charge is 2.05. The molecule has 0 aliphatic rings. The van der Waals surface area contributed by atoms with Crippen molar-refractivity contribution in [3.8, 4) is 5.75 Å². The summed E-state index contributed by atoms with van der Waals surface area (Å²) >= 11 is 9.11. The fourth-order valence-corrected chi connectivity index (χ4v) is 1.96. The molecule has 0 atom stereocenters. The lowest BCUT2D eigenvalue weighted by Gasteiger charge is -2.10. The summed E-state index contributed by atoms with van der Waals surface area (Å²) < 4.78 is 6.05. The smallest absolute Gasteiger partial charge is 0.224 e. The van der Waals surface area contributed by atoms with E-state index in [0.29, 0.717) is 17.3 Å². The predicted molar refractivity (Wildman–Crippen MR) is 75.4 cm³/mol. The second-order valence-corrected chi connectivity index (χ2v) is 4.70. The Morgan fingerprint density at radius 1 is 1.39 bits per heavy atom. The van der Waals surface area contributed by atoms with Gasteiger partial charge in [-0.05, 0) is 23.7 Å². The van der Waals surface area contributed by atoms with Gasteiger partial charge in [-0.25, -0.2) is 4.98 Å². The Bertz CT molecular complexity index is 579. The molecule has 0 bridgehead atoms. The number of halogens is 2. The first kappa shape index (κ1) is 12.9. The molecule has 0 aliphatic heterocycles. The van der Waals surface area contributed by atoms with E-state index in [4.69, 9.17) is 22.1 Å². The predicted octanol–water partition coefficient (Wildman–Crippen LogP) is 3.23. The van der Waals surface area contributed by atoms with Crippen LogP contribution in [0.15, 0.2) is 28.9 Å². The van der Waals surface area contributed by atoms with Crippen LogP contribution in [-0.2, 0) is 0 Å². The molecule has 1 aromatic heterocycles. The van der Waals surface area contributed by atoms with Crippen LogP contribution in [0.2, 0.25) is 5.28 Å². The lowest BCUT2D eigenvalue weighted by atomic mass is 10.3. The van der Waals surface area contributed by atoms with E-state index in [1.165, 1.54) is 6.20 Å². The van der Waals surface area contributed by atoms with Crippen molar-refractivity contribution in [2.45, 2.75) is 0 Å². The summed E-state index contributed by atoms with van der Waals surface area (Å²) in [6.07, 6.45) is 1.45. The van der Waals surface area contributed by atoms with E-state index in [0.717, 1.165) is 10.2 Å². The molecule has 94 valence electrons. The summed E-state index contributed by atoms with van der Waals surface area (Å²) in [5.74, 6) is 1.17. The van der Waals surface area contributed by atoms with Crippen LogP contribution in [0.5, 0.6) is 5.75 Å². The van der Waals surface area contributed by atoms with Crippen LogP contribution in [0.4, 0.5) is 17.2 Å². The zero-order chi connectivity index (χ0) is 13.1. The molecule has 7 heteroatoms. The largest absolute Gasteiger partial charge is 0.497 e. The quantitative estimate of drug-likeness (QED) is 0.846. The number of anilines is 3. The van der Waals surface area contributed by atoms with Crippen LogP contribution in [0.3, 0.4) is 0 Å². The zero-order valence-electron chi connectivity index (χ0n) is 9.45.